The highest BCUT2D eigenvalue weighted by molar-refractivity contribution is 7.90. The molecule has 28 heavy (non-hydrogen) atoms. The van der Waals surface area contributed by atoms with E-state index in [0.717, 1.165) is 5.39 Å². The molecule has 148 valence electrons. The van der Waals surface area contributed by atoms with E-state index < -0.39 is 27.8 Å². The predicted molar refractivity (Wildman–Crippen MR) is 109 cm³/mol. The van der Waals surface area contributed by atoms with Gasteiger partial charge in [-0.1, -0.05) is 30.3 Å². The Morgan fingerprint density at radius 1 is 1.07 bits per heavy atom. The van der Waals surface area contributed by atoms with E-state index in [1.54, 1.807) is 49.4 Å². The van der Waals surface area contributed by atoms with Gasteiger partial charge in [-0.3, -0.25) is 0 Å². The van der Waals surface area contributed by atoms with Crippen LogP contribution >= 0.6 is 0 Å². The smallest absolute Gasteiger partial charge is 0.408 e. The molecule has 0 aliphatic rings. The van der Waals surface area contributed by atoms with Crippen molar-refractivity contribution in [1.29, 1.82) is 0 Å². The van der Waals surface area contributed by atoms with Crippen LogP contribution in [0.3, 0.4) is 0 Å². The van der Waals surface area contributed by atoms with Crippen LogP contribution in [0.2, 0.25) is 0 Å². The average Bonchev–Trinajstić information content (AvgIpc) is 3.04. The molecule has 1 atom stereocenters. The van der Waals surface area contributed by atoms with Gasteiger partial charge >= 0.3 is 6.09 Å². The maximum absolute atomic E-state index is 13.0. The Balaban J connectivity index is 1.94. The molecule has 3 aromatic rings. The van der Waals surface area contributed by atoms with E-state index in [9.17, 15) is 13.2 Å². The van der Waals surface area contributed by atoms with E-state index in [2.05, 4.69) is 5.32 Å². The number of aromatic nitrogens is 1. The van der Waals surface area contributed by atoms with E-state index in [0.29, 0.717) is 11.1 Å². The Labute approximate surface area is 165 Å². The van der Waals surface area contributed by atoms with Crippen molar-refractivity contribution >= 4 is 27.0 Å². The second-order valence-corrected chi connectivity index (χ2v) is 9.49. The molecule has 6 nitrogen and oxygen atoms in total. The van der Waals surface area contributed by atoms with E-state index in [-0.39, 0.29) is 4.90 Å². The molecule has 3 rings (SSSR count). The van der Waals surface area contributed by atoms with Crippen LogP contribution in [-0.4, -0.2) is 24.0 Å². The number of nitrogens with one attached hydrogen (secondary N) is 1. The van der Waals surface area contributed by atoms with Gasteiger partial charge in [-0.05, 0) is 57.5 Å². The Morgan fingerprint density at radius 3 is 2.39 bits per heavy atom. The minimum absolute atomic E-state index is 0.215. The van der Waals surface area contributed by atoms with E-state index in [4.69, 9.17) is 4.74 Å². The molecular weight excluding hydrogens is 376 g/mol. The Hall–Kier alpha value is -2.80. The maximum atomic E-state index is 13.0. The number of nitrogens with zero attached hydrogens (tertiary/aromatic N) is 1. The fourth-order valence-electron chi connectivity index (χ4n) is 2.85. The molecule has 0 unspecified atom stereocenters. The first-order chi connectivity index (χ1) is 13.1. The molecule has 0 fully saturated rings. The largest absolute Gasteiger partial charge is 0.442 e. The predicted octanol–water partition coefficient (Wildman–Crippen LogP) is 4.46. The summed E-state index contributed by atoms with van der Waals surface area (Å²) in [7, 11) is -3.72. The number of benzene rings is 2. The van der Waals surface area contributed by atoms with E-state index in [1.807, 2.05) is 32.9 Å². The highest BCUT2D eigenvalue weighted by Gasteiger charge is 2.21. The minimum atomic E-state index is -3.72. The van der Waals surface area contributed by atoms with Gasteiger partial charge in [0.25, 0.3) is 10.0 Å². The van der Waals surface area contributed by atoms with Gasteiger partial charge in [0, 0.05) is 17.1 Å². The third-order valence-electron chi connectivity index (χ3n) is 4.21. The van der Waals surface area contributed by atoms with Gasteiger partial charge in [-0.15, -0.1) is 0 Å². The number of fused-ring (bicyclic) bond motifs is 1. The summed E-state index contributed by atoms with van der Waals surface area (Å²) < 4.78 is 32.7. The molecule has 1 aromatic heterocycles. The first-order valence-electron chi connectivity index (χ1n) is 8.98. The molecule has 0 aliphatic heterocycles. The van der Waals surface area contributed by atoms with Gasteiger partial charge in [-0.2, -0.15) is 0 Å². The summed E-state index contributed by atoms with van der Waals surface area (Å²) in [6, 6.07) is 15.4. The van der Waals surface area contributed by atoms with Crippen LogP contribution in [0.4, 0.5) is 4.79 Å². The molecule has 0 saturated carbocycles. The number of amides is 1. The molecular formula is C21H24N2O4S. The molecule has 1 N–H and O–H groups in total. The Bertz CT molecular complexity index is 1100. The van der Waals surface area contributed by atoms with Crippen LogP contribution in [0.25, 0.3) is 10.9 Å². The fraction of sp³-hybridized carbons (Fsp3) is 0.286. The Morgan fingerprint density at radius 2 is 1.75 bits per heavy atom. The van der Waals surface area contributed by atoms with Gasteiger partial charge in [0.05, 0.1) is 10.4 Å². The second kappa shape index (κ2) is 7.31. The van der Waals surface area contributed by atoms with E-state index in [1.165, 1.54) is 10.2 Å². The summed E-state index contributed by atoms with van der Waals surface area (Å²) >= 11 is 0. The fourth-order valence-corrected chi connectivity index (χ4v) is 4.22. The molecule has 0 spiro atoms. The molecule has 0 bridgehead atoms. The van der Waals surface area contributed by atoms with Gasteiger partial charge < -0.3 is 10.1 Å². The SMILES string of the molecule is C[C@@H](OC(=O)NC(C)(C)C)c1ccc2ccn(S(=O)(=O)c3ccccc3)c2c1. The molecule has 0 radical (unpaired) electrons. The summed E-state index contributed by atoms with van der Waals surface area (Å²) in [5.74, 6) is 0. The number of ether oxygens (including phenoxy) is 1. The summed E-state index contributed by atoms with van der Waals surface area (Å²) in [6.07, 6.45) is 0.483. The van der Waals surface area contributed by atoms with Crippen LogP contribution in [0.1, 0.15) is 39.4 Å². The first kappa shape index (κ1) is 19.9. The number of alkyl carbamates (subject to hydrolysis) is 1. The number of hydrogen-bond acceptors (Lipinski definition) is 4. The quantitative estimate of drug-likeness (QED) is 0.701. The van der Waals surface area contributed by atoms with Crippen molar-refractivity contribution in [2.24, 2.45) is 0 Å². The average molecular weight is 401 g/mol. The third kappa shape index (κ3) is 4.20. The third-order valence-corrected chi connectivity index (χ3v) is 5.92. The lowest BCUT2D eigenvalue weighted by atomic mass is 10.1. The summed E-state index contributed by atoms with van der Waals surface area (Å²) in [5, 5.41) is 3.53. The van der Waals surface area contributed by atoms with Crippen molar-refractivity contribution in [3.63, 3.8) is 0 Å². The lowest BCUT2D eigenvalue weighted by molar-refractivity contribution is 0.100. The van der Waals surface area contributed by atoms with Gasteiger partial charge in [0.2, 0.25) is 0 Å². The molecule has 0 saturated heterocycles. The highest BCUT2D eigenvalue weighted by Crippen LogP contribution is 2.26. The molecule has 7 heteroatoms. The van der Waals surface area contributed by atoms with Gasteiger partial charge in [0.1, 0.15) is 6.10 Å². The lowest BCUT2D eigenvalue weighted by Gasteiger charge is -2.22. The number of carbonyl (C=O) groups is 1. The summed E-state index contributed by atoms with van der Waals surface area (Å²) in [4.78, 5) is 12.2. The monoisotopic (exact) mass is 400 g/mol. The standard InChI is InChI=1S/C21H24N2O4S/c1-15(27-20(24)22-21(2,3)4)17-11-10-16-12-13-23(19(16)14-17)28(25,26)18-8-6-5-7-9-18/h5-15H,1-4H3,(H,22,24)/t15-/m1/s1. The Kier molecular flexibility index (Phi) is 5.21. The summed E-state index contributed by atoms with van der Waals surface area (Å²) in [6.45, 7) is 7.35. The zero-order valence-corrected chi connectivity index (χ0v) is 17.2. The van der Waals surface area contributed by atoms with Crippen molar-refractivity contribution in [3.8, 4) is 0 Å². The number of carbonyl (C=O) groups excluding carboxylic acids is 1. The van der Waals surface area contributed by atoms with Crippen molar-refractivity contribution in [2.75, 3.05) is 0 Å². The summed E-state index contributed by atoms with van der Waals surface area (Å²) in [5.41, 5.74) is 0.840. The highest BCUT2D eigenvalue weighted by atomic mass is 32.2. The lowest BCUT2D eigenvalue weighted by Crippen LogP contribution is -2.41. The topological polar surface area (TPSA) is 77.4 Å². The van der Waals surface area contributed by atoms with Crippen molar-refractivity contribution in [2.45, 2.75) is 44.2 Å². The number of rotatable bonds is 4. The zero-order valence-electron chi connectivity index (χ0n) is 16.3. The first-order valence-corrected chi connectivity index (χ1v) is 10.4. The van der Waals surface area contributed by atoms with Crippen molar-refractivity contribution in [1.82, 2.24) is 9.29 Å². The number of hydrogen-bond donors (Lipinski definition) is 1. The van der Waals surface area contributed by atoms with Crippen LogP contribution < -0.4 is 5.32 Å². The van der Waals surface area contributed by atoms with Crippen LogP contribution in [0.15, 0.2) is 65.7 Å². The van der Waals surface area contributed by atoms with Crippen molar-refractivity contribution in [3.05, 3.63) is 66.4 Å². The van der Waals surface area contributed by atoms with Crippen LogP contribution in [0.5, 0.6) is 0 Å². The van der Waals surface area contributed by atoms with Gasteiger partial charge in [-0.25, -0.2) is 17.2 Å². The van der Waals surface area contributed by atoms with Crippen molar-refractivity contribution < 1.29 is 17.9 Å². The molecule has 0 aliphatic carbocycles. The maximum Gasteiger partial charge on any atom is 0.408 e. The van der Waals surface area contributed by atoms with E-state index >= 15 is 0 Å². The van der Waals surface area contributed by atoms with Gasteiger partial charge in [0.15, 0.2) is 0 Å². The molecule has 1 amide bonds. The second-order valence-electron chi connectivity index (χ2n) is 7.67. The minimum Gasteiger partial charge on any atom is -0.442 e. The normalized spacial score (nSPS) is 13.3. The molecule has 1 heterocycles. The molecule has 2 aromatic carbocycles. The van der Waals surface area contributed by atoms with Crippen LogP contribution in [-0.2, 0) is 14.8 Å². The van der Waals surface area contributed by atoms with Crippen LogP contribution in [0, 0.1) is 0 Å². The zero-order chi connectivity index (χ0) is 20.5.